The quantitative estimate of drug-likeness (QED) is 0.839. The summed E-state index contributed by atoms with van der Waals surface area (Å²) >= 11 is 0. The third-order valence-electron chi connectivity index (χ3n) is 3.38. The molecule has 0 aliphatic carbocycles. The molecule has 1 saturated heterocycles. The number of methoxy groups -OCH3 is 1. The number of rotatable bonds is 3. The van der Waals surface area contributed by atoms with E-state index in [0.29, 0.717) is 17.3 Å². The summed E-state index contributed by atoms with van der Waals surface area (Å²) in [6, 6.07) is 0. The Bertz CT molecular complexity index is 549. The number of hydrogen-bond donors (Lipinski definition) is 2. The predicted octanol–water partition coefficient (Wildman–Crippen LogP) is 0.684. The molecule has 1 fully saturated rings. The van der Waals surface area contributed by atoms with Crippen LogP contribution >= 0.6 is 0 Å². The fourth-order valence-electron chi connectivity index (χ4n) is 2.50. The van der Waals surface area contributed by atoms with Crippen molar-refractivity contribution in [3.8, 4) is 5.88 Å². The van der Waals surface area contributed by atoms with Gasteiger partial charge < -0.3 is 14.6 Å². The standard InChI is InChI=1S/C11H16N4O3/c1-6-3-7(4-16)18-11(6)15-5-12-8-9(15)13-14-10(8)17-2/h5-7,11,16H,3-4H2,1-2H3,(H,13,14)/t6-,7-,11+/m0/s1. The maximum absolute atomic E-state index is 9.16. The van der Waals surface area contributed by atoms with Crippen molar-refractivity contribution in [2.24, 2.45) is 5.92 Å². The predicted molar refractivity (Wildman–Crippen MR) is 63.2 cm³/mol. The van der Waals surface area contributed by atoms with Gasteiger partial charge in [-0.15, -0.1) is 5.10 Å². The fourth-order valence-corrected chi connectivity index (χ4v) is 2.50. The van der Waals surface area contributed by atoms with Gasteiger partial charge in [-0.3, -0.25) is 9.67 Å². The van der Waals surface area contributed by atoms with E-state index in [1.165, 1.54) is 0 Å². The molecular formula is C11H16N4O3. The summed E-state index contributed by atoms with van der Waals surface area (Å²) in [4.78, 5) is 4.28. The Kier molecular flexibility index (Phi) is 2.71. The van der Waals surface area contributed by atoms with Crippen LogP contribution in [0.5, 0.6) is 5.88 Å². The number of ether oxygens (including phenoxy) is 2. The van der Waals surface area contributed by atoms with E-state index in [1.807, 2.05) is 4.57 Å². The second-order valence-electron chi connectivity index (χ2n) is 4.63. The summed E-state index contributed by atoms with van der Waals surface area (Å²) in [5.74, 6) is 0.793. The Labute approximate surface area is 104 Å². The molecule has 2 aromatic heterocycles. The Morgan fingerprint density at radius 2 is 2.50 bits per heavy atom. The largest absolute Gasteiger partial charge is 0.478 e. The molecule has 0 bridgehead atoms. The highest BCUT2D eigenvalue weighted by atomic mass is 16.5. The van der Waals surface area contributed by atoms with Crippen molar-refractivity contribution in [2.75, 3.05) is 13.7 Å². The van der Waals surface area contributed by atoms with Crippen LogP contribution in [0, 0.1) is 5.92 Å². The van der Waals surface area contributed by atoms with Gasteiger partial charge in [0.1, 0.15) is 6.23 Å². The first-order valence-electron chi connectivity index (χ1n) is 5.95. The molecule has 2 N–H and O–H groups in total. The van der Waals surface area contributed by atoms with Crippen LogP contribution in [-0.4, -0.2) is 44.7 Å². The molecule has 1 aliphatic rings. The van der Waals surface area contributed by atoms with Crippen molar-refractivity contribution in [3.63, 3.8) is 0 Å². The molecule has 0 radical (unpaired) electrons. The molecule has 3 rings (SSSR count). The van der Waals surface area contributed by atoms with Crippen LogP contribution in [0.1, 0.15) is 19.6 Å². The molecule has 0 spiro atoms. The van der Waals surface area contributed by atoms with Crippen LogP contribution in [0.3, 0.4) is 0 Å². The van der Waals surface area contributed by atoms with Crippen LogP contribution in [-0.2, 0) is 4.74 Å². The van der Waals surface area contributed by atoms with Gasteiger partial charge in [-0.05, 0) is 6.42 Å². The number of H-pyrrole nitrogens is 1. The van der Waals surface area contributed by atoms with Crippen LogP contribution in [0.25, 0.3) is 11.2 Å². The zero-order chi connectivity index (χ0) is 12.7. The number of imidazole rings is 1. The second kappa shape index (κ2) is 4.25. The van der Waals surface area contributed by atoms with Gasteiger partial charge in [-0.25, -0.2) is 4.98 Å². The van der Waals surface area contributed by atoms with E-state index >= 15 is 0 Å². The molecule has 0 aromatic carbocycles. The maximum Gasteiger partial charge on any atom is 0.260 e. The first-order valence-corrected chi connectivity index (χ1v) is 5.95. The van der Waals surface area contributed by atoms with Crippen molar-refractivity contribution in [1.29, 1.82) is 0 Å². The second-order valence-corrected chi connectivity index (χ2v) is 4.63. The van der Waals surface area contributed by atoms with Crippen molar-refractivity contribution in [1.82, 2.24) is 19.7 Å². The summed E-state index contributed by atoms with van der Waals surface area (Å²) in [6.07, 6.45) is 2.32. The molecule has 7 heteroatoms. The smallest absolute Gasteiger partial charge is 0.260 e. The lowest BCUT2D eigenvalue weighted by Crippen LogP contribution is -2.15. The topological polar surface area (TPSA) is 85.2 Å². The van der Waals surface area contributed by atoms with Gasteiger partial charge >= 0.3 is 0 Å². The molecule has 0 saturated carbocycles. The average Bonchev–Trinajstić information content (AvgIpc) is 3.02. The summed E-state index contributed by atoms with van der Waals surface area (Å²) in [7, 11) is 1.56. The van der Waals surface area contributed by atoms with E-state index in [9.17, 15) is 0 Å². The fraction of sp³-hybridized carbons (Fsp3) is 0.636. The molecular weight excluding hydrogens is 236 g/mol. The molecule has 0 unspecified atom stereocenters. The Balaban J connectivity index is 1.97. The van der Waals surface area contributed by atoms with Gasteiger partial charge in [0.2, 0.25) is 0 Å². The Morgan fingerprint density at radius 3 is 3.17 bits per heavy atom. The maximum atomic E-state index is 9.16. The normalized spacial score (nSPS) is 28.1. The summed E-state index contributed by atoms with van der Waals surface area (Å²) < 4.78 is 12.8. The summed E-state index contributed by atoms with van der Waals surface area (Å²) in [5, 5.41) is 16.1. The average molecular weight is 252 g/mol. The van der Waals surface area contributed by atoms with E-state index in [0.717, 1.165) is 12.1 Å². The van der Waals surface area contributed by atoms with Crippen molar-refractivity contribution < 1.29 is 14.6 Å². The van der Waals surface area contributed by atoms with E-state index in [2.05, 4.69) is 22.1 Å². The van der Waals surface area contributed by atoms with Gasteiger partial charge in [0, 0.05) is 5.92 Å². The number of aromatic amines is 1. The zero-order valence-corrected chi connectivity index (χ0v) is 10.3. The lowest BCUT2D eigenvalue weighted by atomic mass is 10.1. The Morgan fingerprint density at radius 1 is 1.67 bits per heavy atom. The number of aromatic nitrogens is 4. The molecule has 2 aromatic rings. The number of aliphatic hydroxyl groups is 1. The number of nitrogens with zero attached hydrogens (tertiary/aromatic N) is 3. The molecule has 18 heavy (non-hydrogen) atoms. The lowest BCUT2D eigenvalue weighted by molar-refractivity contribution is -0.0294. The minimum atomic E-state index is -0.127. The van der Waals surface area contributed by atoms with Crippen LogP contribution < -0.4 is 4.74 Å². The zero-order valence-electron chi connectivity index (χ0n) is 10.3. The highest BCUT2D eigenvalue weighted by molar-refractivity contribution is 5.76. The van der Waals surface area contributed by atoms with Crippen LogP contribution in [0.4, 0.5) is 0 Å². The van der Waals surface area contributed by atoms with E-state index in [-0.39, 0.29) is 18.9 Å². The molecule has 3 atom stereocenters. The first-order chi connectivity index (χ1) is 8.74. The lowest BCUT2D eigenvalue weighted by Gasteiger charge is -2.16. The minimum absolute atomic E-state index is 0.0466. The number of hydrogen-bond acceptors (Lipinski definition) is 5. The Hall–Kier alpha value is -1.60. The molecule has 98 valence electrons. The molecule has 3 heterocycles. The van der Waals surface area contributed by atoms with Crippen LogP contribution in [0.2, 0.25) is 0 Å². The molecule has 0 amide bonds. The van der Waals surface area contributed by atoms with E-state index < -0.39 is 0 Å². The monoisotopic (exact) mass is 252 g/mol. The van der Waals surface area contributed by atoms with Gasteiger partial charge in [-0.1, -0.05) is 6.92 Å². The van der Waals surface area contributed by atoms with Gasteiger partial charge in [0.05, 0.1) is 26.1 Å². The molecule has 7 nitrogen and oxygen atoms in total. The van der Waals surface area contributed by atoms with Crippen molar-refractivity contribution in [3.05, 3.63) is 6.33 Å². The van der Waals surface area contributed by atoms with Gasteiger partial charge in [-0.2, -0.15) is 0 Å². The summed E-state index contributed by atoms with van der Waals surface area (Å²) in [5.41, 5.74) is 1.48. The van der Waals surface area contributed by atoms with Crippen LogP contribution in [0.15, 0.2) is 6.33 Å². The first kappa shape index (κ1) is 11.5. The third-order valence-corrected chi connectivity index (χ3v) is 3.38. The molecule has 1 aliphatic heterocycles. The van der Waals surface area contributed by atoms with E-state index in [4.69, 9.17) is 14.6 Å². The van der Waals surface area contributed by atoms with Crippen molar-refractivity contribution >= 4 is 11.2 Å². The summed E-state index contributed by atoms with van der Waals surface area (Å²) in [6.45, 7) is 2.14. The third kappa shape index (κ3) is 1.58. The highest BCUT2D eigenvalue weighted by Gasteiger charge is 2.34. The number of fused-ring (bicyclic) bond motifs is 1. The van der Waals surface area contributed by atoms with Gasteiger partial charge in [0.15, 0.2) is 11.2 Å². The minimum Gasteiger partial charge on any atom is -0.478 e. The van der Waals surface area contributed by atoms with Crippen molar-refractivity contribution in [2.45, 2.75) is 25.7 Å². The number of nitrogens with one attached hydrogen (secondary N) is 1. The van der Waals surface area contributed by atoms with E-state index in [1.54, 1.807) is 13.4 Å². The number of aliphatic hydroxyl groups excluding tert-OH is 1. The SMILES string of the molecule is COc1n[nH]c2c1ncn2[C@@H]1O[C@H](CO)C[C@@H]1C. The van der Waals surface area contributed by atoms with Gasteiger partial charge in [0.25, 0.3) is 5.88 Å². The highest BCUT2D eigenvalue weighted by Crippen LogP contribution is 2.36.